The number of hydrogen-bond donors (Lipinski definition) is 2. The van der Waals surface area contributed by atoms with Gasteiger partial charge in [-0.25, -0.2) is 17.5 Å². The molecule has 0 spiro atoms. The molecule has 1 heterocycles. The maximum atomic E-state index is 14.2. The van der Waals surface area contributed by atoms with Crippen molar-refractivity contribution in [1.29, 1.82) is 0 Å². The summed E-state index contributed by atoms with van der Waals surface area (Å²) in [6.45, 7) is 4.96. The number of aryl methyl sites for hydroxylation is 1. The molecule has 0 saturated heterocycles. The summed E-state index contributed by atoms with van der Waals surface area (Å²) in [5, 5.41) is 13.5. The Hall–Kier alpha value is -2.89. The minimum atomic E-state index is -3.82. The summed E-state index contributed by atoms with van der Waals surface area (Å²) in [5.41, 5.74) is 0.238. The van der Waals surface area contributed by atoms with Crippen molar-refractivity contribution in [2.75, 3.05) is 5.32 Å². The molecule has 0 aliphatic carbocycles. The van der Waals surface area contributed by atoms with E-state index in [-0.39, 0.29) is 32.9 Å². The molecule has 0 aliphatic heterocycles. The highest BCUT2D eigenvalue weighted by Gasteiger charge is 2.20. The van der Waals surface area contributed by atoms with E-state index in [1.807, 2.05) is 0 Å². The number of rotatable bonds is 6. The normalized spacial score (nSPS) is 11.7. The Labute approximate surface area is 177 Å². The first-order valence-corrected chi connectivity index (χ1v) is 10.6. The van der Waals surface area contributed by atoms with Crippen molar-refractivity contribution in [1.82, 2.24) is 24.9 Å². The quantitative estimate of drug-likeness (QED) is 0.593. The standard InChI is InChI=1S/C18H18ClFN6O3S/c1-10(2)23-30(28,29)13-5-6-15(19)14(9-13)18(27)21-12-4-7-16(20)17(8-12)26-11(3)22-24-25-26/h4-10,23H,1-3H3,(H,21,27). The molecular weight excluding hydrogens is 435 g/mol. The highest BCUT2D eigenvalue weighted by Crippen LogP contribution is 2.24. The molecule has 0 aliphatic rings. The summed E-state index contributed by atoms with van der Waals surface area (Å²) in [5.74, 6) is -0.891. The molecular formula is C18H18ClFN6O3S. The Morgan fingerprint density at radius 2 is 1.93 bits per heavy atom. The number of tetrazole rings is 1. The zero-order chi connectivity index (χ0) is 22.1. The van der Waals surface area contributed by atoms with Gasteiger partial charge in [0.25, 0.3) is 5.91 Å². The summed E-state index contributed by atoms with van der Waals surface area (Å²) in [6, 6.07) is 7.35. The smallest absolute Gasteiger partial charge is 0.257 e. The number of aromatic nitrogens is 4. The molecule has 0 atom stereocenters. The molecule has 0 radical (unpaired) electrons. The fraction of sp³-hybridized carbons (Fsp3) is 0.222. The van der Waals surface area contributed by atoms with Crippen molar-refractivity contribution < 1.29 is 17.6 Å². The van der Waals surface area contributed by atoms with Crippen molar-refractivity contribution in [2.24, 2.45) is 0 Å². The van der Waals surface area contributed by atoms with Crippen LogP contribution in [0.5, 0.6) is 0 Å². The van der Waals surface area contributed by atoms with Gasteiger partial charge in [0.1, 0.15) is 11.5 Å². The van der Waals surface area contributed by atoms with Crippen LogP contribution in [0, 0.1) is 12.7 Å². The van der Waals surface area contributed by atoms with Crippen LogP contribution >= 0.6 is 11.6 Å². The van der Waals surface area contributed by atoms with Crippen molar-refractivity contribution in [3.8, 4) is 5.69 Å². The van der Waals surface area contributed by atoms with Crippen molar-refractivity contribution in [3.63, 3.8) is 0 Å². The largest absolute Gasteiger partial charge is 0.322 e. The van der Waals surface area contributed by atoms with Gasteiger partial charge in [-0.3, -0.25) is 4.79 Å². The molecule has 158 valence electrons. The molecule has 1 aromatic heterocycles. The lowest BCUT2D eigenvalue weighted by Crippen LogP contribution is -2.30. The molecule has 0 saturated carbocycles. The van der Waals surface area contributed by atoms with E-state index < -0.39 is 21.7 Å². The molecule has 0 unspecified atom stereocenters. The van der Waals surface area contributed by atoms with E-state index in [9.17, 15) is 17.6 Å². The number of benzene rings is 2. The van der Waals surface area contributed by atoms with Crippen molar-refractivity contribution in [3.05, 3.63) is 58.6 Å². The van der Waals surface area contributed by atoms with Gasteiger partial charge in [-0.2, -0.15) is 4.68 Å². The van der Waals surface area contributed by atoms with Crippen LogP contribution in [0.15, 0.2) is 41.3 Å². The number of anilines is 1. The maximum Gasteiger partial charge on any atom is 0.257 e. The highest BCUT2D eigenvalue weighted by molar-refractivity contribution is 7.89. The van der Waals surface area contributed by atoms with E-state index >= 15 is 0 Å². The average Bonchev–Trinajstić information content (AvgIpc) is 3.08. The lowest BCUT2D eigenvalue weighted by atomic mass is 10.2. The summed E-state index contributed by atoms with van der Waals surface area (Å²) >= 11 is 6.10. The fourth-order valence-corrected chi connectivity index (χ4v) is 4.11. The predicted molar refractivity (Wildman–Crippen MR) is 109 cm³/mol. The Morgan fingerprint density at radius 3 is 2.57 bits per heavy atom. The molecule has 2 N–H and O–H groups in total. The Balaban J connectivity index is 1.92. The monoisotopic (exact) mass is 452 g/mol. The number of nitrogens with zero attached hydrogens (tertiary/aromatic N) is 4. The van der Waals surface area contributed by atoms with Crippen LogP contribution in [0.2, 0.25) is 5.02 Å². The zero-order valence-electron chi connectivity index (χ0n) is 16.2. The highest BCUT2D eigenvalue weighted by atomic mass is 35.5. The van der Waals surface area contributed by atoms with Crippen molar-refractivity contribution in [2.45, 2.75) is 31.7 Å². The second kappa shape index (κ2) is 8.46. The minimum absolute atomic E-state index is 0.0406. The third kappa shape index (κ3) is 4.64. The second-order valence-corrected chi connectivity index (χ2v) is 8.80. The number of hydrogen-bond acceptors (Lipinski definition) is 6. The van der Waals surface area contributed by atoms with E-state index in [1.165, 1.54) is 35.0 Å². The van der Waals surface area contributed by atoms with Crippen LogP contribution in [0.4, 0.5) is 10.1 Å². The lowest BCUT2D eigenvalue weighted by Gasteiger charge is -2.12. The average molecular weight is 453 g/mol. The Kier molecular flexibility index (Phi) is 6.15. The number of halogens is 2. The van der Waals surface area contributed by atoms with Gasteiger partial charge >= 0.3 is 0 Å². The van der Waals surface area contributed by atoms with E-state index in [0.717, 1.165) is 6.07 Å². The Bertz CT molecular complexity index is 1210. The van der Waals surface area contributed by atoms with Crippen LogP contribution in [-0.2, 0) is 10.0 Å². The van der Waals surface area contributed by atoms with E-state index in [4.69, 9.17) is 11.6 Å². The summed E-state index contributed by atoms with van der Waals surface area (Å²) in [4.78, 5) is 12.6. The molecule has 1 amide bonds. The third-order valence-electron chi connectivity index (χ3n) is 3.94. The first kappa shape index (κ1) is 21.8. The third-order valence-corrected chi connectivity index (χ3v) is 5.93. The number of amides is 1. The van der Waals surface area contributed by atoms with Gasteiger partial charge < -0.3 is 5.32 Å². The van der Waals surface area contributed by atoms with Crippen LogP contribution in [0.1, 0.15) is 30.0 Å². The Morgan fingerprint density at radius 1 is 1.20 bits per heavy atom. The molecule has 2 aromatic carbocycles. The van der Waals surface area contributed by atoms with Gasteiger partial charge in [-0.15, -0.1) is 5.10 Å². The van der Waals surface area contributed by atoms with Crippen LogP contribution < -0.4 is 10.0 Å². The topological polar surface area (TPSA) is 119 Å². The van der Waals surface area contributed by atoms with Gasteiger partial charge in [0.05, 0.1) is 15.5 Å². The van der Waals surface area contributed by atoms with Crippen LogP contribution in [-0.4, -0.2) is 40.6 Å². The lowest BCUT2D eigenvalue weighted by molar-refractivity contribution is 0.102. The number of sulfonamides is 1. The van der Waals surface area contributed by atoms with Crippen LogP contribution in [0.25, 0.3) is 5.69 Å². The van der Waals surface area contributed by atoms with E-state index in [0.29, 0.717) is 5.82 Å². The van der Waals surface area contributed by atoms with Gasteiger partial charge in [0.15, 0.2) is 5.82 Å². The fourth-order valence-electron chi connectivity index (χ4n) is 2.63. The first-order valence-electron chi connectivity index (χ1n) is 8.76. The summed E-state index contributed by atoms with van der Waals surface area (Å²) in [7, 11) is -3.82. The van der Waals surface area contributed by atoms with Crippen LogP contribution in [0.3, 0.4) is 0 Å². The molecule has 12 heteroatoms. The number of nitrogens with one attached hydrogen (secondary N) is 2. The van der Waals surface area contributed by atoms with Gasteiger partial charge in [0.2, 0.25) is 10.0 Å². The number of carbonyl (C=O) groups excluding carboxylic acids is 1. The van der Waals surface area contributed by atoms with Gasteiger partial charge in [-0.05, 0) is 67.6 Å². The minimum Gasteiger partial charge on any atom is -0.322 e. The molecule has 3 rings (SSSR count). The summed E-state index contributed by atoms with van der Waals surface area (Å²) in [6.07, 6.45) is 0. The second-order valence-electron chi connectivity index (χ2n) is 6.68. The molecule has 3 aromatic rings. The van der Waals surface area contributed by atoms with E-state index in [2.05, 4.69) is 25.6 Å². The van der Waals surface area contributed by atoms with Crippen molar-refractivity contribution >= 4 is 33.2 Å². The molecule has 0 bridgehead atoms. The molecule has 0 fully saturated rings. The van der Waals surface area contributed by atoms with E-state index in [1.54, 1.807) is 20.8 Å². The SMILES string of the molecule is Cc1nnnn1-c1cc(NC(=O)c2cc(S(=O)(=O)NC(C)C)ccc2Cl)ccc1F. The molecule has 9 nitrogen and oxygen atoms in total. The molecule has 30 heavy (non-hydrogen) atoms. The summed E-state index contributed by atoms with van der Waals surface area (Å²) < 4.78 is 42.6. The number of carbonyl (C=O) groups is 1. The predicted octanol–water partition coefficient (Wildman–Crippen LogP) is 2.70. The maximum absolute atomic E-state index is 14.2. The zero-order valence-corrected chi connectivity index (χ0v) is 17.8. The van der Waals surface area contributed by atoms with Gasteiger partial charge in [0, 0.05) is 11.7 Å². The van der Waals surface area contributed by atoms with Gasteiger partial charge in [-0.1, -0.05) is 11.6 Å². The first-order chi connectivity index (χ1) is 14.1.